The van der Waals surface area contributed by atoms with Crippen LogP contribution in [0.1, 0.15) is 5.01 Å². The van der Waals surface area contributed by atoms with Crippen LogP contribution >= 0.6 is 22.7 Å². The number of anilines is 1. The van der Waals surface area contributed by atoms with Crippen molar-refractivity contribution in [3.05, 3.63) is 29.4 Å². The Kier molecular flexibility index (Phi) is 2.15. The molecular weight excluding hydrogens is 238 g/mol. The van der Waals surface area contributed by atoms with Crippen LogP contribution in [0.15, 0.2) is 24.4 Å². The third-order valence-electron chi connectivity index (χ3n) is 2.24. The number of benzene rings is 1. The molecule has 3 aromatic rings. The normalized spacial score (nSPS) is 11.1. The molecule has 0 unspecified atom stereocenters. The summed E-state index contributed by atoms with van der Waals surface area (Å²) < 4.78 is 1.13. The van der Waals surface area contributed by atoms with Crippen molar-refractivity contribution in [2.75, 3.05) is 5.73 Å². The Bertz CT molecular complexity index is 654. The molecule has 80 valence electrons. The molecule has 0 aliphatic heterocycles. The van der Waals surface area contributed by atoms with Crippen LogP contribution in [0.3, 0.4) is 0 Å². The van der Waals surface area contributed by atoms with Gasteiger partial charge in [0.25, 0.3) is 0 Å². The summed E-state index contributed by atoms with van der Waals surface area (Å²) in [7, 11) is 0. The molecule has 5 heteroatoms. The summed E-state index contributed by atoms with van der Waals surface area (Å²) in [6.45, 7) is 2.00. The van der Waals surface area contributed by atoms with Crippen LogP contribution in [0.2, 0.25) is 0 Å². The van der Waals surface area contributed by atoms with Crippen molar-refractivity contribution in [3.63, 3.8) is 0 Å². The fourth-order valence-electron chi connectivity index (χ4n) is 1.51. The Labute approximate surface area is 101 Å². The lowest BCUT2D eigenvalue weighted by molar-refractivity contribution is 1.30. The average molecular weight is 247 g/mol. The summed E-state index contributed by atoms with van der Waals surface area (Å²) in [5.74, 6) is 0. The van der Waals surface area contributed by atoms with Crippen molar-refractivity contribution in [3.8, 4) is 9.88 Å². The molecule has 3 nitrogen and oxygen atoms in total. The van der Waals surface area contributed by atoms with Crippen LogP contribution in [-0.4, -0.2) is 9.97 Å². The van der Waals surface area contributed by atoms with Crippen LogP contribution in [0.5, 0.6) is 0 Å². The van der Waals surface area contributed by atoms with Gasteiger partial charge in [-0.1, -0.05) is 0 Å². The van der Waals surface area contributed by atoms with E-state index in [9.17, 15) is 0 Å². The molecule has 2 heterocycles. The zero-order chi connectivity index (χ0) is 11.1. The van der Waals surface area contributed by atoms with Crippen molar-refractivity contribution in [1.29, 1.82) is 0 Å². The third kappa shape index (κ3) is 1.58. The zero-order valence-corrected chi connectivity index (χ0v) is 10.2. The van der Waals surface area contributed by atoms with E-state index in [0.29, 0.717) is 0 Å². The largest absolute Gasteiger partial charge is 0.399 e. The van der Waals surface area contributed by atoms with Gasteiger partial charge in [-0.3, -0.25) is 0 Å². The quantitative estimate of drug-likeness (QED) is 0.671. The van der Waals surface area contributed by atoms with E-state index in [1.165, 1.54) is 0 Å². The number of fused-ring (bicyclic) bond motifs is 1. The van der Waals surface area contributed by atoms with Gasteiger partial charge in [-0.05, 0) is 25.1 Å². The molecule has 0 bridgehead atoms. The minimum atomic E-state index is 0.781. The second kappa shape index (κ2) is 3.54. The van der Waals surface area contributed by atoms with Gasteiger partial charge in [0.1, 0.15) is 5.01 Å². The number of thiazole rings is 2. The van der Waals surface area contributed by atoms with Gasteiger partial charge in [0.2, 0.25) is 0 Å². The van der Waals surface area contributed by atoms with E-state index in [2.05, 4.69) is 9.97 Å². The van der Waals surface area contributed by atoms with Crippen LogP contribution < -0.4 is 5.73 Å². The lowest BCUT2D eigenvalue weighted by atomic mass is 10.3. The molecule has 0 fully saturated rings. The van der Waals surface area contributed by atoms with E-state index in [1.807, 2.05) is 31.3 Å². The number of aromatic nitrogens is 2. The molecule has 0 aliphatic rings. The standard InChI is InChI=1S/C11H9N3S2/c1-6-13-5-10(15-6)11-14-8-3-2-7(12)4-9(8)16-11/h2-5H,12H2,1H3. The predicted octanol–water partition coefficient (Wildman–Crippen LogP) is 3.31. The summed E-state index contributed by atoms with van der Waals surface area (Å²) in [6, 6.07) is 5.80. The maximum Gasteiger partial charge on any atom is 0.136 e. The van der Waals surface area contributed by atoms with Gasteiger partial charge in [0.05, 0.1) is 20.1 Å². The van der Waals surface area contributed by atoms with Crippen molar-refractivity contribution in [2.45, 2.75) is 6.92 Å². The lowest BCUT2D eigenvalue weighted by Gasteiger charge is -1.89. The second-order valence-corrected chi connectivity index (χ2v) is 5.76. The first-order valence-electron chi connectivity index (χ1n) is 4.81. The smallest absolute Gasteiger partial charge is 0.136 e. The van der Waals surface area contributed by atoms with Gasteiger partial charge in [0, 0.05) is 11.9 Å². The van der Waals surface area contributed by atoms with Crippen molar-refractivity contribution in [2.24, 2.45) is 0 Å². The minimum absolute atomic E-state index is 0.781. The van der Waals surface area contributed by atoms with Gasteiger partial charge in [0.15, 0.2) is 0 Å². The Hall–Kier alpha value is -1.46. The molecule has 0 amide bonds. The van der Waals surface area contributed by atoms with Crippen molar-refractivity contribution in [1.82, 2.24) is 9.97 Å². The van der Waals surface area contributed by atoms with Crippen LogP contribution in [0.4, 0.5) is 5.69 Å². The van der Waals surface area contributed by atoms with E-state index >= 15 is 0 Å². The van der Waals surface area contributed by atoms with Gasteiger partial charge >= 0.3 is 0 Å². The second-order valence-electron chi connectivity index (χ2n) is 3.49. The summed E-state index contributed by atoms with van der Waals surface area (Å²) in [4.78, 5) is 9.93. The molecular formula is C11H9N3S2. The van der Waals surface area contributed by atoms with Gasteiger partial charge in [-0.25, -0.2) is 9.97 Å². The Morgan fingerprint density at radius 1 is 1.25 bits per heavy atom. The number of aryl methyl sites for hydroxylation is 1. The Morgan fingerprint density at radius 3 is 2.88 bits per heavy atom. The molecule has 3 rings (SSSR count). The molecule has 0 aliphatic carbocycles. The maximum absolute atomic E-state index is 5.75. The molecule has 16 heavy (non-hydrogen) atoms. The number of rotatable bonds is 1. The van der Waals surface area contributed by atoms with E-state index in [1.54, 1.807) is 22.7 Å². The van der Waals surface area contributed by atoms with Gasteiger partial charge in [-0.2, -0.15) is 0 Å². The van der Waals surface area contributed by atoms with Gasteiger partial charge < -0.3 is 5.73 Å². The summed E-state index contributed by atoms with van der Waals surface area (Å²) in [6.07, 6.45) is 1.88. The highest BCUT2D eigenvalue weighted by Gasteiger charge is 2.08. The number of nitrogen functional groups attached to an aromatic ring is 1. The number of hydrogen-bond donors (Lipinski definition) is 1. The first-order valence-corrected chi connectivity index (χ1v) is 6.44. The molecule has 0 atom stereocenters. The molecule has 2 N–H and O–H groups in total. The molecule has 0 saturated carbocycles. The maximum atomic E-state index is 5.75. The van der Waals surface area contributed by atoms with Crippen LogP contribution in [0.25, 0.3) is 20.1 Å². The third-order valence-corrected chi connectivity index (χ3v) is 4.34. The van der Waals surface area contributed by atoms with Crippen molar-refractivity contribution < 1.29 is 0 Å². The summed E-state index contributed by atoms with van der Waals surface area (Å²) in [5.41, 5.74) is 7.53. The van der Waals surface area contributed by atoms with Crippen molar-refractivity contribution >= 4 is 38.6 Å². The SMILES string of the molecule is Cc1ncc(-c2nc3ccc(N)cc3s2)s1. The molecule has 2 aromatic heterocycles. The zero-order valence-electron chi connectivity index (χ0n) is 8.60. The molecule has 0 spiro atoms. The van der Waals surface area contributed by atoms with Crippen LogP contribution in [0, 0.1) is 6.92 Å². The highest BCUT2D eigenvalue weighted by atomic mass is 32.1. The number of hydrogen-bond acceptors (Lipinski definition) is 5. The molecule has 0 radical (unpaired) electrons. The summed E-state index contributed by atoms with van der Waals surface area (Å²) in [5, 5.41) is 2.08. The average Bonchev–Trinajstić information content (AvgIpc) is 2.83. The highest BCUT2D eigenvalue weighted by molar-refractivity contribution is 7.25. The minimum Gasteiger partial charge on any atom is -0.399 e. The number of nitrogens with zero attached hydrogens (tertiary/aromatic N) is 2. The van der Waals surface area contributed by atoms with Gasteiger partial charge in [-0.15, -0.1) is 22.7 Å². The van der Waals surface area contributed by atoms with E-state index in [4.69, 9.17) is 5.73 Å². The topological polar surface area (TPSA) is 51.8 Å². The van der Waals surface area contributed by atoms with E-state index in [0.717, 1.165) is 30.8 Å². The number of nitrogens with two attached hydrogens (primary N) is 1. The Morgan fingerprint density at radius 2 is 2.12 bits per heavy atom. The summed E-state index contributed by atoms with van der Waals surface area (Å²) >= 11 is 3.32. The monoisotopic (exact) mass is 247 g/mol. The highest BCUT2D eigenvalue weighted by Crippen LogP contribution is 2.33. The van der Waals surface area contributed by atoms with Crippen LogP contribution in [-0.2, 0) is 0 Å². The predicted molar refractivity (Wildman–Crippen MR) is 69.9 cm³/mol. The fraction of sp³-hybridized carbons (Fsp3) is 0.0909. The Balaban J connectivity index is 2.18. The lowest BCUT2D eigenvalue weighted by Crippen LogP contribution is -1.81. The molecule has 1 aromatic carbocycles. The van der Waals surface area contributed by atoms with E-state index in [-0.39, 0.29) is 0 Å². The first kappa shape index (κ1) is 9.74. The first-order chi connectivity index (χ1) is 7.72. The van der Waals surface area contributed by atoms with E-state index < -0.39 is 0 Å². The molecule has 0 saturated heterocycles. The fourth-order valence-corrected chi connectivity index (χ4v) is 3.34.